The summed E-state index contributed by atoms with van der Waals surface area (Å²) in [6.07, 6.45) is -7.60. The van der Waals surface area contributed by atoms with Gasteiger partial charge in [-0.25, -0.2) is 0 Å². The summed E-state index contributed by atoms with van der Waals surface area (Å²) in [6, 6.07) is 0. The molecule has 0 radical (unpaired) electrons. The quantitative estimate of drug-likeness (QED) is 0.587. The molecule has 0 spiro atoms. The Labute approximate surface area is 70.3 Å². The highest BCUT2D eigenvalue weighted by Gasteiger charge is 2.49. The monoisotopic (exact) mass is 203 g/mol. The van der Waals surface area contributed by atoms with Crippen molar-refractivity contribution in [2.75, 3.05) is 13.1 Å². The van der Waals surface area contributed by atoms with E-state index in [0.29, 0.717) is 4.90 Å². The highest BCUT2D eigenvalue weighted by molar-refractivity contribution is 5.80. The summed E-state index contributed by atoms with van der Waals surface area (Å²) in [5.74, 6) is -3.17. The van der Waals surface area contributed by atoms with E-state index in [1.165, 1.54) is 0 Å². The second-order valence-electron chi connectivity index (χ2n) is 2.78. The van der Waals surface area contributed by atoms with Crippen molar-refractivity contribution in [2.24, 2.45) is 5.92 Å². The van der Waals surface area contributed by atoms with Crippen LogP contribution in [0.5, 0.6) is 0 Å². The number of nitrogens with zero attached hydrogens (tertiary/aromatic N) is 1. The standard InChI is InChI=1S/C6H6F5NO/c7-4(8)5(13)12-1-3(2-12)6(9,10)11/h3-4H,1-2H2. The molecule has 1 saturated heterocycles. The fourth-order valence-electron chi connectivity index (χ4n) is 1.00. The topological polar surface area (TPSA) is 20.3 Å². The first kappa shape index (κ1) is 10.2. The highest BCUT2D eigenvalue weighted by Crippen LogP contribution is 2.33. The minimum atomic E-state index is -4.39. The molecule has 0 unspecified atom stereocenters. The fourth-order valence-corrected chi connectivity index (χ4v) is 1.00. The molecule has 0 saturated carbocycles. The van der Waals surface area contributed by atoms with Crippen LogP contribution in [0.2, 0.25) is 0 Å². The van der Waals surface area contributed by atoms with E-state index in [9.17, 15) is 26.7 Å². The maximum Gasteiger partial charge on any atom is 0.395 e. The van der Waals surface area contributed by atoms with Crippen molar-refractivity contribution in [1.82, 2.24) is 4.90 Å². The molecule has 0 aromatic rings. The third-order valence-electron chi connectivity index (χ3n) is 1.84. The Kier molecular flexibility index (Phi) is 2.44. The summed E-state index contributed by atoms with van der Waals surface area (Å²) in [6.45, 7) is -1.29. The molecular formula is C6H6F5NO. The summed E-state index contributed by atoms with van der Waals surface area (Å²) in [4.78, 5) is 10.9. The van der Waals surface area contributed by atoms with Gasteiger partial charge in [0.05, 0.1) is 5.92 Å². The van der Waals surface area contributed by atoms with Gasteiger partial charge >= 0.3 is 12.6 Å². The molecule has 1 aliphatic rings. The molecule has 0 bridgehead atoms. The van der Waals surface area contributed by atoms with E-state index >= 15 is 0 Å². The fraction of sp³-hybridized carbons (Fsp3) is 0.833. The molecule has 76 valence electrons. The van der Waals surface area contributed by atoms with Gasteiger partial charge in [-0.2, -0.15) is 22.0 Å². The molecule has 0 aromatic carbocycles. The predicted molar refractivity (Wildman–Crippen MR) is 32.1 cm³/mol. The molecule has 0 atom stereocenters. The Morgan fingerprint density at radius 2 is 1.77 bits per heavy atom. The molecule has 1 aliphatic heterocycles. The molecule has 1 amide bonds. The smallest absolute Gasteiger partial charge is 0.336 e. The minimum absolute atomic E-state index is 0.503. The van der Waals surface area contributed by atoms with E-state index in [1.807, 2.05) is 0 Å². The average molecular weight is 203 g/mol. The van der Waals surface area contributed by atoms with Crippen LogP contribution in [0, 0.1) is 5.92 Å². The van der Waals surface area contributed by atoms with Gasteiger partial charge in [-0.3, -0.25) is 4.79 Å². The third-order valence-corrected chi connectivity index (χ3v) is 1.84. The van der Waals surface area contributed by atoms with Crippen LogP contribution in [0.4, 0.5) is 22.0 Å². The number of amides is 1. The zero-order valence-electron chi connectivity index (χ0n) is 6.31. The van der Waals surface area contributed by atoms with Gasteiger partial charge in [-0.15, -0.1) is 0 Å². The first-order valence-corrected chi connectivity index (χ1v) is 3.46. The summed E-state index contributed by atoms with van der Waals surface area (Å²) in [7, 11) is 0. The lowest BCUT2D eigenvalue weighted by Gasteiger charge is -2.39. The zero-order valence-corrected chi connectivity index (χ0v) is 6.31. The molecule has 13 heavy (non-hydrogen) atoms. The molecule has 1 fully saturated rings. The molecule has 1 heterocycles. The number of alkyl halides is 5. The number of likely N-dealkylation sites (tertiary alicyclic amines) is 1. The molecule has 1 rings (SSSR count). The lowest BCUT2D eigenvalue weighted by Crippen LogP contribution is -2.56. The van der Waals surface area contributed by atoms with Crippen LogP contribution < -0.4 is 0 Å². The number of carbonyl (C=O) groups excluding carboxylic acids is 1. The maximum atomic E-state index is 11.8. The second-order valence-corrected chi connectivity index (χ2v) is 2.78. The van der Waals surface area contributed by atoms with Gasteiger partial charge in [0.25, 0.3) is 5.91 Å². The van der Waals surface area contributed by atoms with E-state index in [-0.39, 0.29) is 0 Å². The molecule has 7 heteroatoms. The van der Waals surface area contributed by atoms with Crippen LogP contribution in [0.3, 0.4) is 0 Å². The van der Waals surface area contributed by atoms with Crippen LogP contribution in [0.15, 0.2) is 0 Å². The van der Waals surface area contributed by atoms with Crippen LogP contribution in [0.1, 0.15) is 0 Å². The summed E-state index contributed by atoms with van der Waals surface area (Å²) in [5.41, 5.74) is 0. The first-order valence-electron chi connectivity index (χ1n) is 3.46. The Balaban J connectivity index is 2.38. The summed E-state index contributed by atoms with van der Waals surface area (Å²) >= 11 is 0. The minimum Gasteiger partial charge on any atom is -0.336 e. The van der Waals surface area contributed by atoms with Gasteiger partial charge in [-0.05, 0) is 0 Å². The van der Waals surface area contributed by atoms with Gasteiger partial charge in [-0.1, -0.05) is 0 Å². The lowest BCUT2D eigenvalue weighted by molar-refractivity contribution is -0.212. The van der Waals surface area contributed by atoms with Crippen LogP contribution in [-0.4, -0.2) is 36.5 Å². The molecular weight excluding hydrogens is 197 g/mol. The maximum absolute atomic E-state index is 11.8. The van der Waals surface area contributed by atoms with Crippen molar-refractivity contribution >= 4 is 5.91 Å². The summed E-state index contributed by atoms with van der Waals surface area (Å²) < 4.78 is 58.7. The molecule has 2 nitrogen and oxygen atoms in total. The van der Waals surface area contributed by atoms with Gasteiger partial charge in [0.2, 0.25) is 0 Å². The van der Waals surface area contributed by atoms with Gasteiger partial charge in [0.1, 0.15) is 0 Å². The lowest BCUT2D eigenvalue weighted by atomic mass is 10.00. The Morgan fingerprint density at radius 3 is 2.08 bits per heavy atom. The largest absolute Gasteiger partial charge is 0.395 e. The van der Waals surface area contributed by atoms with Gasteiger partial charge < -0.3 is 4.90 Å². The predicted octanol–water partition coefficient (Wildman–Crippen LogP) is 1.27. The zero-order chi connectivity index (χ0) is 10.2. The van der Waals surface area contributed by atoms with E-state index in [1.54, 1.807) is 0 Å². The number of rotatable bonds is 1. The molecule has 0 aromatic heterocycles. The van der Waals surface area contributed by atoms with Crippen molar-refractivity contribution < 1.29 is 26.7 Å². The van der Waals surface area contributed by atoms with Crippen molar-refractivity contribution in [1.29, 1.82) is 0 Å². The molecule has 0 aliphatic carbocycles. The Bertz CT molecular complexity index is 208. The first-order chi connectivity index (χ1) is 5.82. The summed E-state index contributed by atoms with van der Waals surface area (Å²) in [5, 5.41) is 0. The number of hydrogen-bond donors (Lipinski definition) is 0. The van der Waals surface area contributed by atoms with Crippen LogP contribution in [0.25, 0.3) is 0 Å². The van der Waals surface area contributed by atoms with E-state index in [0.717, 1.165) is 0 Å². The normalized spacial score (nSPS) is 19.1. The number of halogens is 5. The van der Waals surface area contributed by atoms with E-state index < -0.39 is 37.5 Å². The van der Waals surface area contributed by atoms with Gasteiger partial charge in [0.15, 0.2) is 0 Å². The Morgan fingerprint density at radius 1 is 1.31 bits per heavy atom. The van der Waals surface area contributed by atoms with Crippen LogP contribution in [-0.2, 0) is 4.79 Å². The van der Waals surface area contributed by atoms with E-state index in [4.69, 9.17) is 0 Å². The van der Waals surface area contributed by atoms with Crippen LogP contribution >= 0.6 is 0 Å². The van der Waals surface area contributed by atoms with Gasteiger partial charge in [0, 0.05) is 13.1 Å². The Hall–Kier alpha value is -0.880. The third kappa shape index (κ3) is 2.07. The van der Waals surface area contributed by atoms with Crippen molar-refractivity contribution in [3.8, 4) is 0 Å². The van der Waals surface area contributed by atoms with Crippen molar-refractivity contribution in [2.45, 2.75) is 12.6 Å². The average Bonchev–Trinajstić information content (AvgIpc) is 1.79. The highest BCUT2D eigenvalue weighted by atomic mass is 19.4. The molecule has 0 N–H and O–H groups in total. The SMILES string of the molecule is O=C(C(F)F)N1CC(C(F)(F)F)C1. The second kappa shape index (κ2) is 3.12. The number of carbonyl (C=O) groups is 1. The number of hydrogen-bond acceptors (Lipinski definition) is 1. The van der Waals surface area contributed by atoms with Crippen molar-refractivity contribution in [3.63, 3.8) is 0 Å². The van der Waals surface area contributed by atoms with E-state index in [2.05, 4.69) is 0 Å². The van der Waals surface area contributed by atoms with Crippen molar-refractivity contribution in [3.05, 3.63) is 0 Å².